The first kappa shape index (κ1) is 15.4. The van der Waals surface area contributed by atoms with Crippen LogP contribution in [0.2, 0.25) is 0 Å². The molecule has 1 aromatic carbocycles. The van der Waals surface area contributed by atoms with E-state index in [0.29, 0.717) is 17.6 Å². The molecule has 0 amide bonds. The molecule has 4 rings (SSSR count). The summed E-state index contributed by atoms with van der Waals surface area (Å²) in [5, 5.41) is 23.2. The third kappa shape index (κ3) is 3.37. The van der Waals surface area contributed by atoms with E-state index in [1.807, 2.05) is 12.1 Å². The molecule has 0 atom stereocenters. The Kier molecular flexibility index (Phi) is 3.93. The highest BCUT2D eigenvalue weighted by atomic mass is 16.4. The molecular formula is C17H18N6O2. The van der Waals surface area contributed by atoms with Crippen LogP contribution in [0, 0.1) is 0 Å². The zero-order valence-electron chi connectivity index (χ0n) is 13.5. The number of rotatable bonds is 6. The summed E-state index contributed by atoms with van der Waals surface area (Å²) in [5.41, 5.74) is 2.21. The van der Waals surface area contributed by atoms with Crippen LogP contribution >= 0.6 is 0 Å². The number of aliphatic carboxylic acids is 1. The van der Waals surface area contributed by atoms with E-state index in [0.717, 1.165) is 35.3 Å². The van der Waals surface area contributed by atoms with Gasteiger partial charge in [-0.15, -0.1) is 0 Å². The number of aromatic nitrogens is 4. The van der Waals surface area contributed by atoms with Crippen molar-refractivity contribution in [2.45, 2.75) is 31.7 Å². The maximum atomic E-state index is 10.7. The van der Waals surface area contributed by atoms with E-state index in [1.54, 1.807) is 18.3 Å². The Balaban J connectivity index is 1.57. The molecule has 0 bridgehead atoms. The van der Waals surface area contributed by atoms with E-state index < -0.39 is 5.97 Å². The third-order valence-corrected chi connectivity index (χ3v) is 4.32. The predicted molar refractivity (Wildman–Crippen MR) is 94.0 cm³/mol. The molecule has 4 N–H and O–H groups in total. The van der Waals surface area contributed by atoms with Gasteiger partial charge in [-0.05, 0) is 37.0 Å². The third-order valence-electron chi connectivity index (χ3n) is 4.32. The molecular weight excluding hydrogens is 320 g/mol. The second-order valence-electron chi connectivity index (χ2n) is 6.19. The number of H-pyrrole nitrogens is 1. The van der Waals surface area contributed by atoms with Crippen LogP contribution in [0.1, 0.15) is 24.8 Å². The van der Waals surface area contributed by atoms with Crippen LogP contribution in [-0.2, 0) is 11.2 Å². The first-order valence-electron chi connectivity index (χ1n) is 8.23. The molecule has 1 aliphatic carbocycles. The van der Waals surface area contributed by atoms with Gasteiger partial charge >= 0.3 is 5.97 Å². The molecule has 2 heterocycles. The van der Waals surface area contributed by atoms with Gasteiger partial charge < -0.3 is 15.7 Å². The van der Waals surface area contributed by atoms with Crippen molar-refractivity contribution in [1.29, 1.82) is 0 Å². The minimum atomic E-state index is -0.847. The lowest BCUT2D eigenvalue weighted by molar-refractivity contribution is -0.136. The normalized spacial score (nSPS) is 14.2. The zero-order valence-corrected chi connectivity index (χ0v) is 13.5. The predicted octanol–water partition coefficient (Wildman–Crippen LogP) is 2.69. The van der Waals surface area contributed by atoms with Crippen LogP contribution in [0.25, 0.3) is 11.0 Å². The van der Waals surface area contributed by atoms with E-state index in [-0.39, 0.29) is 6.42 Å². The molecule has 8 heteroatoms. The summed E-state index contributed by atoms with van der Waals surface area (Å²) >= 11 is 0. The van der Waals surface area contributed by atoms with Gasteiger partial charge in [0.1, 0.15) is 5.82 Å². The van der Waals surface area contributed by atoms with Crippen LogP contribution in [0.4, 0.5) is 17.5 Å². The molecule has 1 aliphatic rings. The van der Waals surface area contributed by atoms with E-state index >= 15 is 0 Å². The number of carboxylic acid groups (broad SMARTS) is 1. The Morgan fingerprint density at radius 2 is 2.04 bits per heavy atom. The molecule has 0 saturated heterocycles. The monoisotopic (exact) mass is 338 g/mol. The van der Waals surface area contributed by atoms with E-state index in [9.17, 15) is 4.79 Å². The summed E-state index contributed by atoms with van der Waals surface area (Å²) in [5.74, 6) is 0.387. The molecule has 2 aromatic heterocycles. The van der Waals surface area contributed by atoms with E-state index in [2.05, 4.69) is 30.8 Å². The minimum Gasteiger partial charge on any atom is -0.481 e. The fourth-order valence-electron chi connectivity index (χ4n) is 2.76. The number of nitrogens with one attached hydrogen (secondary N) is 3. The number of carboxylic acids is 1. The molecule has 0 unspecified atom stereocenters. The van der Waals surface area contributed by atoms with Crippen LogP contribution in [0.15, 0.2) is 30.5 Å². The number of carbonyl (C=O) groups is 1. The molecule has 25 heavy (non-hydrogen) atoms. The smallest absolute Gasteiger partial charge is 0.307 e. The number of hydrogen-bond donors (Lipinski definition) is 4. The van der Waals surface area contributed by atoms with Crippen LogP contribution in [0.3, 0.4) is 0 Å². The maximum Gasteiger partial charge on any atom is 0.307 e. The average Bonchev–Trinajstić information content (AvgIpc) is 3.01. The molecule has 3 aromatic rings. The highest BCUT2D eigenvalue weighted by Crippen LogP contribution is 2.27. The Morgan fingerprint density at radius 3 is 2.72 bits per heavy atom. The number of nitrogens with zero attached hydrogens (tertiary/aromatic N) is 3. The van der Waals surface area contributed by atoms with Crippen molar-refractivity contribution >= 4 is 34.5 Å². The van der Waals surface area contributed by atoms with Gasteiger partial charge in [0.2, 0.25) is 5.95 Å². The summed E-state index contributed by atoms with van der Waals surface area (Å²) in [7, 11) is 0. The van der Waals surface area contributed by atoms with Crippen LogP contribution in [-0.4, -0.2) is 37.3 Å². The lowest BCUT2D eigenvalue weighted by atomic mass is 9.93. The van der Waals surface area contributed by atoms with Gasteiger partial charge in [-0.25, -0.2) is 0 Å². The lowest BCUT2D eigenvalue weighted by Gasteiger charge is -2.27. The van der Waals surface area contributed by atoms with Crippen LogP contribution < -0.4 is 10.6 Å². The van der Waals surface area contributed by atoms with Crippen molar-refractivity contribution in [1.82, 2.24) is 20.2 Å². The minimum absolute atomic E-state index is 0.00629. The number of hydrogen-bond acceptors (Lipinski definition) is 6. The van der Waals surface area contributed by atoms with Crippen molar-refractivity contribution < 1.29 is 9.90 Å². The Morgan fingerprint density at radius 1 is 1.24 bits per heavy atom. The van der Waals surface area contributed by atoms with Gasteiger partial charge in [-0.3, -0.25) is 9.89 Å². The molecule has 0 radical (unpaired) electrons. The molecule has 0 aliphatic heterocycles. The molecule has 8 nitrogen and oxygen atoms in total. The van der Waals surface area contributed by atoms with E-state index in [1.165, 1.54) is 6.42 Å². The highest BCUT2D eigenvalue weighted by molar-refractivity contribution is 5.87. The van der Waals surface area contributed by atoms with Gasteiger partial charge in [0, 0.05) is 11.7 Å². The van der Waals surface area contributed by atoms with E-state index in [4.69, 9.17) is 5.11 Å². The average molecular weight is 338 g/mol. The van der Waals surface area contributed by atoms with Gasteiger partial charge in [-0.1, -0.05) is 12.1 Å². The quantitative estimate of drug-likeness (QED) is 0.546. The van der Waals surface area contributed by atoms with Gasteiger partial charge in [0.05, 0.1) is 18.0 Å². The standard InChI is InChI=1S/C17H18N6O2/c24-14(25)8-10-4-6-12(7-5-10)20-17-21-15(19-11-2-1-3-11)13-9-18-23-16(13)22-17/h4-7,9,11H,1-3,8H2,(H,24,25)(H3,18,19,20,21,22,23). The SMILES string of the molecule is O=C(O)Cc1ccc(Nc2nc(NC3CCC3)c3cn[nH]c3n2)cc1. The lowest BCUT2D eigenvalue weighted by Crippen LogP contribution is -2.27. The molecule has 0 spiro atoms. The first-order valence-corrected chi connectivity index (χ1v) is 8.23. The molecule has 1 saturated carbocycles. The topological polar surface area (TPSA) is 116 Å². The van der Waals surface area contributed by atoms with Crippen molar-refractivity contribution in [2.24, 2.45) is 0 Å². The summed E-state index contributed by atoms with van der Waals surface area (Å²) in [6, 6.07) is 7.64. The number of benzene rings is 1. The maximum absolute atomic E-state index is 10.7. The Bertz CT molecular complexity index is 901. The molecule has 1 fully saturated rings. The number of aromatic amines is 1. The van der Waals surface area contributed by atoms with Crippen LogP contribution in [0.5, 0.6) is 0 Å². The van der Waals surface area contributed by atoms with Gasteiger partial charge in [-0.2, -0.15) is 15.1 Å². The van der Waals surface area contributed by atoms with Gasteiger partial charge in [0.15, 0.2) is 5.65 Å². The number of fused-ring (bicyclic) bond motifs is 1. The summed E-state index contributed by atoms with van der Waals surface area (Å²) in [4.78, 5) is 19.8. The van der Waals surface area contributed by atoms with Crippen molar-refractivity contribution in [3.05, 3.63) is 36.0 Å². The fraction of sp³-hybridized carbons (Fsp3) is 0.294. The largest absolute Gasteiger partial charge is 0.481 e. The first-order chi connectivity index (χ1) is 12.2. The zero-order chi connectivity index (χ0) is 17.2. The Hall–Kier alpha value is -3.16. The summed E-state index contributed by atoms with van der Waals surface area (Å²) in [6.07, 6.45) is 5.27. The van der Waals surface area contributed by atoms with Crippen molar-refractivity contribution in [3.63, 3.8) is 0 Å². The second-order valence-corrected chi connectivity index (χ2v) is 6.19. The number of anilines is 3. The van der Waals surface area contributed by atoms with Crippen molar-refractivity contribution in [2.75, 3.05) is 10.6 Å². The van der Waals surface area contributed by atoms with Gasteiger partial charge in [0.25, 0.3) is 0 Å². The van der Waals surface area contributed by atoms with Crippen molar-refractivity contribution in [3.8, 4) is 0 Å². The fourth-order valence-corrected chi connectivity index (χ4v) is 2.76. The Labute approximate surface area is 143 Å². The summed E-state index contributed by atoms with van der Waals surface area (Å²) < 4.78 is 0. The summed E-state index contributed by atoms with van der Waals surface area (Å²) in [6.45, 7) is 0. The second kappa shape index (κ2) is 6.39. The highest BCUT2D eigenvalue weighted by Gasteiger charge is 2.19. The molecule has 128 valence electrons.